The normalized spacial score (nSPS) is 12.0. The molecule has 2 aromatic rings. The highest BCUT2D eigenvalue weighted by Gasteiger charge is 2.06. The Labute approximate surface area is 154 Å². The van der Waals surface area contributed by atoms with Gasteiger partial charge >= 0.3 is 0 Å². The molecule has 0 saturated carbocycles. The third kappa shape index (κ3) is 6.02. The van der Waals surface area contributed by atoms with Crippen LogP contribution in [-0.4, -0.2) is 32.8 Å². The summed E-state index contributed by atoms with van der Waals surface area (Å²) < 4.78 is 11.1. The number of benzene rings is 2. The minimum absolute atomic E-state index is 0.0458. The van der Waals surface area contributed by atoms with Crippen LogP contribution < -0.4 is 20.1 Å². The minimum atomic E-state index is -0.0458. The molecular weight excluding hydrogens is 328 g/mol. The van der Waals surface area contributed by atoms with Gasteiger partial charge in [-0.05, 0) is 36.8 Å². The van der Waals surface area contributed by atoms with Crippen molar-refractivity contribution in [3.63, 3.8) is 0 Å². The van der Waals surface area contributed by atoms with Crippen molar-refractivity contribution in [2.45, 2.75) is 19.6 Å². The molecule has 136 valence electrons. The zero-order chi connectivity index (χ0) is 18.8. The maximum Gasteiger partial charge on any atom is 0.191 e. The Kier molecular flexibility index (Phi) is 7.31. The van der Waals surface area contributed by atoms with Crippen LogP contribution in [0.4, 0.5) is 0 Å². The van der Waals surface area contributed by atoms with Gasteiger partial charge in [-0.15, -0.1) is 0 Å². The molecule has 26 heavy (non-hydrogen) atoms. The molecule has 0 aromatic heterocycles. The lowest BCUT2D eigenvalue weighted by Gasteiger charge is -2.18. The van der Waals surface area contributed by atoms with E-state index in [1.54, 1.807) is 26.3 Å². The molecule has 0 amide bonds. The maximum atomic E-state index is 8.83. The fourth-order valence-corrected chi connectivity index (χ4v) is 2.29. The average molecular weight is 352 g/mol. The number of nitrogens with one attached hydrogen (secondary N) is 2. The van der Waals surface area contributed by atoms with Crippen molar-refractivity contribution >= 4 is 5.96 Å². The summed E-state index contributed by atoms with van der Waals surface area (Å²) in [4.78, 5) is 4.21. The first-order valence-corrected chi connectivity index (χ1v) is 8.39. The molecular formula is C20H24N4O2. The van der Waals surface area contributed by atoms with E-state index in [1.807, 2.05) is 43.3 Å². The fraction of sp³-hybridized carbons (Fsp3) is 0.300. The van der Waals surface area contributed by atoms with E-state index < -0.39 is 0 Å². The van der Waals surface area contributed by atoms with E-state index >= 15 is 0 Å². The van der Waals surface area contributed by atoms with Crippen LogP contribution in [0.1, 0.15) is 18.1 Å². The largest absolute Gasteiger partial charge is 0.497 e. The molecule has 0 bridgehead atoms. The summed E-state index contributed by atoms with van der Waals surface area (Å²) in [6.07, 6.45) is -0.0458. The van der Waals surface area contributed by atoms with Crippen molar-refractivity contribution in [3.05, 3.63) is 59.7 Å². The van der Waals surface area contributed by atoms with Gasteiger partial charge in [-0.2, -0.15) is 5.26 Å². The monoisotopic (exact) mass is 352 g/mol. The summed E-state index contributed by atoms with van der Waals surface area (Å²) in [7, 11) is 3.36. The van der Waals surface area contributed by atoms with Gasteiger partial charge in [0, 0.05) is 19.7 Å². The zero-order valence-corrected chi connectivity index (χ0v) is 15.3. The van der Waals surface area contributed by atoms with E-state index in [-0.39, 0.29) is 6.10 Å². The molecule has 0 fully saturated rings. The first kappa shape index (κ1) is 19.1. The van der Waals surface area contributed by atoms with E-state index in [4.69, 9.17) is 14.7 Å². The van der Waals surface area contributed by atoms with Gasteiger partial charge in [-0.25, -0.2) is 0 Å². The second-order valence-corrected chi connectivity index (χ2v) is 5.72. The number of hydrogen-bond acceptors (Lipinski definition) is 4. The number of guanidine groups is 1. The molecule has 0 saturated heterocycles. The number of aliphatic imine (C=N–C) groups is 1. The van der Waals surface area contributed by atoms with Crippen molar-refractivity contribution in [3.8, 4) is 17.6 Å². The summed E-state index contributed by atoms with van der Waals surface area (Å²) in [5.41, 5.74) is 1.73. The smallest absolute Gasteiger partial charge is 0.191 e. The predicted molar refractivity (Wildman–Crippen MR) is 102 cm³/mol. The molecule has 0 aliphatic heterocycles. The molecule has 0 aliphatic rings. The quantitative estimate of drug-likeness (QED) is 0.592. The summed E-state index contributed by atoms with van der Waals surface area (Å²) in [5, 5.41) is 15.3. The Hall–Kier alpha value is -3.20. The Bertz CT molecular complexity index is 766. The second kappa shape index (κ2) is 9.94. The van der Waals surface area contributed by atoms with E-state index in [1.165, 1.54) is 0 Å². The van der Waals surface area contributed by atoms with E-state index in [9.17, 15) is 0 Å². The van der Waals surface area contributed by atoms with Gasteiger partial charge in [0.05, 0.1) is 25.3 Å². The Morgan fingerprint density at radius 1 is 1.15 bits per heavy atom. The van der Waals surface area contributed by atoms with Crippen LogP contribution in [0.15, 0.2) is 53.5 Å². The Morgan fingerprint density at radius 2 is 1.88 bits per heavy atom. The van der Waals surface area contributed by atoms with Crippen LogP contribution in [0.25, 0.3) is 0 Å². The van der Waals surface area contributed by atoms with Crippen molar-refractivity contribution in [1.82, 2.24) is 10.6 Å². The van der Waals surface area contributed by atoms with Crippen LogP contribution in [0.5, 0.6) is 11.5 Å². The van der Waals surface area contributed by atoms with Crippen molar-refractivity contribution < 1.29 is 9.47 Å². The molecule has 2 rings (SSSR count). The molecule has 1 unspecified atom stereocenters. The van der Waals surface area contributed by atoms with Crippen molar-refractivity contribution in [1.29, 1.82) is 5.26 Å². The van der Waals surface area contributed by atoms with E-state index in [0.29, 0.717) is 24.6 Å². The van der Waals surface area contributed by atoms with Gasteiger partial charge in [0.1, 0.15) is 17.6 Å². The summed E-state index contributed by atoms with van der Waals surface area (Å²) >= 11 is 0. The first-order valence-electron chi connectivity index (χ1n) is 8.39. The molecule has 2 aromatic carbocycles. The lowest BCUT2D eigenvalue weighted by molar-refractivity contribution is 0.223. The second-order valence-electron chi connectivity index (χ2n) is 5.72. The number of hydrogen-bond donors (Lipinski definition) is 2. The Morgan fingerprint density at radius 3 is 2.54 bits per heavy atom. The molecule has 6 nitrogen and oxygen atoms in total. The zero-order valence-electron chi connectivity index (χ0n) is 15.3. The van der Waals surface area contributed by atoms with Crippen molar-refractivity contribution in [2.24, 2.45) is 4.99 Å². The third-order valence-corrected chi connectivity index (χ3v) is 3.70. The average Bonchev–Trinajstić information content (AvgIpc) is 2.68. The standard InChI is InChI=1S/C20H24N4O2/c1-15(26-19-6-4-5-18(11-19)25-3)13-23-20(22-2)24-14-17-9-7-16(12-21)8-10-17/h4-11,15H,13-14H2,1-3H3,(H2,22,23,24). The minimum Gasteiger partial charge on any atom is -0.497 e. The molecule has 1 atom stereocenters. The third-order valence-electron chi connectivity index (χ3n) is 3.70. The molecule has 0 spiro atoms. The van der Waals surface area contributed by atoms with Gasteiger partial charge in [0.25, 0.3) is 0 Å². The van der Waals surface area contributed by atoms with E-state index in [2.05, 4.69) is 21.7 Å². The molecule has 0 heterocycles. The molecule has 0 radical (unpaired) electrons. The van der Waals surface area contributed by atoms with E-state index in [0.717, 1.165) is 17.1 Å². The highest BCUT2D eigenvalue weighted by atomic mass is 16.5. The van der Waals surface area contributed by atoms with Crippen LogP contribution in [0, 0.1) is 11.3 Å². The van der Waals surface area contributed by atoms with Crippen LogP contribution in [0.3, 0.4) is 0 Å². The first-order chi connectivity index (χ1) is 12.6. The lowest BCUT2D eigenvalue weighted by atomic mass is 10.1. The fourth-order valence-electron chi connectivity index (χ4n) is 2.29. The predicted octanol–water partition coefficient (Wildman–Crippen LogP) is 2.70. The summed E-state index contributed by atoms with van der Waals surface area (Å²) in [5.74, 6) is 2.22. The van der Waals surface area contributed by atoms with Crippen LogP contribution >= 0.6 is 0 Å². The maximum absolute atomic E-state index is 8.83. The highest BCUT2D eigenvalue weighted by molar-refractivity contribution is 5.79. The molecule has 2 N–H and O–H groups in total. The number of rotatable bonds is 7. The lowest BCUT2D eigenvalue weighted by Crippen LogP contribution is -2.41. The molecule has 6 heteroatoms. The summed E-state index contributed by atoms with van der Waals surface area (Å²) in [6, 6.07) is 17.1. The van der Waals surface area contributed by atoms with Crippen molar-refractivity contribution in [2.75, 3.05) is 20.7 Å². The van der Waals surface area contributed by atoms with Gasteiger partial charge < -0.3 is 20.1 Å². The summed E-state index contributed by atoms with van der Waals surface area (Å²) in [6.45, 7) is 3.21. The molecule has 0 aliphatic carbocycles. The number of nitriles is 1. The Balaban J connectivity index is 1.79. The van der Waals surface area contributed by atoms with Crippen LogP contribution in [0.2, 0.25) is 0 Å². The number of methoxy groups -OCH3 is 1. The SMILES string of the molecule is CN=C(NCc1ccc(C#N)cc1)NCC(C)Oc1cccc(OC)c1. The topological polar surface area (TPSA) is 78.7 Å². The van der Waals surface area contributed by atoms with Gasteiger partial charge in [0.2, 0.25) is 0 Å². The van der Waals surface area contributed by atoms with Gasteiger partial charge in [-0.3, -0.25) is 4.99 Å². The van der Waals surface area contributed by atoms with Crippen LogP contribution in [-0.2, 0) is 6.54 Å². The van der Waals surface area contributed by atoms with Gasteiger partial charge in [0.15, 0.2) is 5.96 Å². The number of nitrogens with zero attached hydrogens (tertiary/aromatic N) is 2. The highest BCUT2D eigenvalue weighted by Crippen LogP contribution is 2.19. The number of ether oxygens (including phenoxy) is 2. The van der Waals surface area contributed by atoms with Gasteiger partial charge in [-0.1, -0.05) is 18.2 Å².